The van der Waals surface area contributed by atoms with Crippen molar-refractivity contribution in [1.82, 2.24) is 4.98 Å². The second kappa shape index (κ2) is 3.67. The Morgan fingerprint density at radius 1 is 1.33 bits per heavy atom. The summed E-state index contributed by atoms with van der Waals surface area (Å²) in [5.41, 5.74) is 1.20. The molecule has 2 rings (SSSR count). The summed E-state index contributed by atoms with van der Waals surface area (Å²) in [5.74, 6) is -0.425. The Labute approximate surface area is 86.7 Å². The minimum Gasteiger partial charge on any atom is -0.281 e. The number of hydroxylamine groups is 1. The van der Waals surface area contributed by atoms with Crippen LogP contribution >= 0.6 is 0 Å². The van der Waals surface area contributed by atoms with E-state index in [1.165, 1.54) is 6.92 Å². The van der Waals surface area contributed by atoms with E-state index in [-0.39, 0.29) is 0 Å². The van der Waals surface area contributed by atoms with Gasteiger partial charge in [-0.2, -0.15) is 5.06 Å². The number of para-hydroxylation sites is 1. The number of aromatic nitrogens is 1. The summed E-state index contributed by atoms with van der Waals surface area (Å²) in [4.78, 5) is 15.2. The number of amides is 1. The lowest BCUT2D eigenvalue weighted by Gasteiger charge is -2.14. The Hall–Kier alpha value is -1.94. The molecule has 0 atom stereocenters. The molecule has 0 aliphatic heterocycles. The first-order valence-corrected chi connectivity index (χ1v) is 4.53. The molecule has 1 amide bonds. The average molecular weight is 202 g/mol. The quantitative estimate of drug-likeness (QED) is 0.568. The van der Waals surface area contributed by atoms with E-state index in [1.54, 1.807) is 12.3 Å². The number of anilines is 1. The van der Waals surface area contributed by atoms with E-state index < -0.39 is 5.91 Å². The minimum atomic E-state index is -0.425. The Morgan fingerprint density at radius 2 is 2.07 bits per heavy atom. The maximum atomic E-state index is 11.0. The van der Waals surface area contributed by atoms with Crippen LogP contribution in [0, 0.1) is 0 Å². The maximum Gasteiger partial charge on any atom is 0.247 e. The lowest BCUT2D eigenvalue weighted by atomic mass is 10.2. The third kappa shape index (κ3) is 1.67. The van der Waals surface area contributed by atoms with E-state index in [0.29, 0.717) is 10.8 Å². The molecule has 4 heteroatoms. The molecule has 0 saturated carbocycles. The van der Waals surface area contributed by atoms with E-state index >= 15 is 0 Å². The first-order chi connectivity index (χ1) is 7.20. The molecule has 0 aliphatic rings. The number of benzene rings is 1. The zero-order valence-electron chi connectivity index (χ0n) is 8.21. The van der Waals surface area contributed by atoms with Crippen LogP contribution in [0.5, 0.6) is 0 Å². The second-order valence-electron chi connectivity index (χ2n) is 3.18. The monoisotopic (exact) mass is 202 g/mol. The van der Waals surface area contributed by atoms with Crippen LogP contribution in [0.1, 0.15) is 6.92 Å². The van der Waals surface area contributed by atoms with Crippen LogP contribution in [-0.2, 0) is 4.79 Å². The van der Waals surface area contributed by atoms with Crippen molar-refractivity contribution in [2.45, 2.75) is 6.92 Å². The van der Waals surface area contributed by atoms with E-state index in [4.69, 9.17) is 0 Å². The van der Waals surface area contributed by atoms with E-state index in [0.717, 1.165) is 10.9 Å². The molecular weight excluding hydrogens is 192 g/mol. The number of carbonyl (C=O) groups excluding carboxylic acids is 1. The summed E-state index contributed by atoms with van der Waals surface area (Å²) in [6, 6.07) is 8.93. The molecule has 1 aromatic heterocycles. The largest absolute Gasteiger partial charge is 0.281 e. The van der Waals surface area contributed by atoms with Gasteiger partial charge in [-0.15, -0.1) is 0 Å². The number of pyridine rings is 1. The van der Waals surface area contributed by atoms with Gasteiger partial charge in [0, 0.05) is 18.5 Å². The van der Waals surface area contributed by atoms with Crippen molar-refractivity contribution < 1.29 is 10.0 Å². The molecule has 0 spiro atoms. The number of nitrogens with zero attached hydrogens (tertiary/aromatic N) is 2. The SMILES string of the molecule is CC(=O)N(O)c1ccnc2ccccc12. The zero-order chi connectivity index (χ0) is 10.8. The predicted molar refractivity (Wildman–Crippen MR) is 56.7 cm³/mol. The highest BCUT2D eigenvalue weighted by Gasteiger charge is 2.11. The third-order valence-corrected chi connectivity index (χ3v) is 2.15. The summed E-state index contributed by atoms with van der Waals surface area (Å²) in [7, 11) is 0. The molecule has 76 valence electrons. The fraction of sp³-hybridized carbons (Fsp3) is 0.0909. The van der Waals surface area contributed by atoms with Crippen LogP contribution in [0.2, 0.25) is 0 Å². The van der Waals surface area contributed by atoms with Crippen molar-refractivity contribution >= 4 is 22.5 Å². The van der Waals surface area contributed by atoms with Gasteiger partial charge in [0.1, 0.15) is 0 Å². The average Bonchev–Trinajstić information content (AvgIpc) is 2.27. The summed E-state index contributed by atoms with van der Waals surface area (Å²) < 4.78 is 0. The van der Waals surface area contributed by atoms with E-state index in [9.17, 15) is 10.0 Å². The third-order valence-electron chi connectivity index (χ3n) is 2.15. The highest BCUT2D eigenvalue weighted by molar-refractivity contribution is 5.99. The highest BCUT2D eigenvalue weighted by atomic mass is 16.5. The summed E-state index contributed by atoms with van der Waals surface area (Å²) >= 11 is 0. The predicted octanol–water partition coefficient (Wildman–Crippen LogP) is 1.98. The molecular formula is C11H10N2O2. The van der Waals surface area contributed by atoms with E-state index in [2.05, 4.69) is 4.98 Å². The molecule has 4 nitrogen and oxygen atoms in total. The number of fused-ring (bicyclic) bond motifs is 1. The molecule has 1 heterocycles. The standard InChI is InChI=1S/C11H10N2O2/c1-8(14)13(15)11-6-7-12-10-5-3-2-4-9(10)11/h2-7,15H,1H3. The van der Waals surface area contributed by atoms with Crippen LogP contribution in [0.25, 0.3) is 10.9 Å². The van der Waals surface area contributed by atoms with Crippen LogP contribution in [-0.4, -0.2) is 16.1 Å². The van der Waals surface area contributed by atoms with Crippen LogP contribution in [0.3, 0.4) is 0 Å². The van der Waals surface area contributed by atoms with Crippen molar-refractivity contribution in [1.29, 1.82) is 0 Å². The topological polar surface area (TPSA) is 53.4 Å². The molecule has 0 radical (unpaired) electrons. The van der Waals surface area contributed by atoms with Crippen molar-refractivity contribution in [2.75, 3.05) is 5.06 Å². The van der Waals surface area contributed by atoms with Gasteiger partial charge in [-0.25, -0.2) is 0 Å². The van der Waals surface area contributed by atoms with Crippen molar-refractivity contribution in [3.8, 4) is 0 Å². The summed E-state index contributed by atoms with van der Waals surface area (Å²) in [6.45, 7) is 1.30. The van der Waals surface area contributed by atoms with Gasteiger partial charge >= 0.3 is 0 Å². The summed E-state index contributed by atoms with van der Waals surface area (Å²) in [6.07, 6.45) is 1.56. The lowest BCUT2D eigenvalue weighted by Crippen LogP contribution is -2.23. The zero-order valence-corrected chi connectivity index (χ0v) is 8.21. The van der Waals surface area contributed by atoms with E-state index in [1.807, 2.05) is 24.3 Å². The smallest absolute Gasteiger partial charge is 0.247 e. The molecule has 0 aliphatic carbocycles. The Bertz CT molecular complexity index is 505. The van der Waals surface area contributed by atoms with Gasteiger partial charge in [-0.05, 0) is 12.1 Å². The number of hydrogen-bond donors (Lipinski definition) is 1. The molecule has 0 bridgehead atoms. The van der Waals surface area contributed by atoms with Crippen LogP contribution in [0.4, 0.5) is 5.69 Å². The van der Waals surface area contributed by atoms with Gasteiger partial charge in [0.2, 0.25) is 5.91 Å². The van der Waals surface area contributed by atoms with Crippen molar-refractivity contribution in [3.05, 3.63) is 36.5 Å². The Morgan fingerprint density at radius 3 is 2.80 bits per heavy atom. The first kappa shape index (κ1) is 9.61. The Balaban J connectivity index is 2.65. The minimum absolute atomic E-state index is 0.425. The van der Waals surface area contributed by atoms with Crippen LogP contribution in [0.15, 0.2) is 36.5 Å². The van der Waals surface area contributed by atoms with Crippen LogP contribution < -0.4 is 5.06 Å². The van der Waals surface area contributed by atoms with Crippen molar-refractivity contribution in [3.63, 3.8) is 0 Å². The normalized spacial score (nSPS) is 10.3. The Kier molecular flexibility index (Phi) is 2.35. The second-order valence-corrected chi connectivity index (χ2v) is 3.18. The van der Waals surface area contributed by atoms with Gasteiger partial charge in [0.25, 0.3) is 0 Å². The summed E-state index contributed by atoms with van der Waals surface area (Å²) in [5, 5.41) is 10.9. The van der Waals surface area contributed by atoms with Gasteiger partial charge in [0.05, 0.1) is 11.2 Å². The van der Waals surface area contributed by atoms with Gasteiger partial charge < -0.3 is 0 Å². The molecule has 2 aromatic rings. The number of hydrogen-bond acceptors (Lipinski definition) is 3. The van der Waals surface area contributed by atoms with Gasteiger partial charge in [-0.3, -0.25) is 15.0 Å². The number of rotatable bonds is 1. The van der Waals surface area contributed by atoms with Crippen molar-refractivity contribution in [2.24, 2.45) is 0 Å². The molecule has 0 unspecified atom stereocenters. The fourth-order valence-electron chi connectivity index (χ4n) is 1.44. The first-order valence-electron chi connectivity index (χ1n) is 4.53. The van der Waals surface area contributed by atoms with Gasteiger partial charge in [-0.1, -0.05) is 18.2 Å². The molecule has 1 N–H and O–H groups in total. The maximum absolute atomic E-state index is 11.0. The highest BCUT2D eigenvalue weighted by Crippen LogP contribution is 2.23. The molecule has 0 fully saturated rings. The molecule has 1 aromatic carbocycles. The number of carbonyl (C=O) groups is 1. The van der Waals surface area contributed by atoms with Gasteiger partial charge in [0.15, 0.2) is 0 Å². The molecule has 15 heavy (non-hydrogen) atoms. The lowest BCUT2D eigenvalue weighted by molar-refractivity contribution is -0.121. The molecule has 0 saturated heterocycles. The fourth-order valence-corrected chi connectivity index (χ4v) is 1.44.